The summed E-state index contributed by atoms with van der Waals surface area (Å²) in [7, 11) is 0. The fraction of sp³-hybridized carbons (Fsp3) is 0.400. The van der Waals surface area contributed by atoms with Gasteiger partial charge in [0.15, 0.2) is 0 Å². The first-order chi connectivity index (χ1) is 7.50. The van der Waals surface area contributed by atoms with Gasteiger partial charge in [-0.2, -0.15) is 0 Å². The summed E-state index contributed by atoms with van der Waals surface area (Å²) in [6.07, 6.45) is 1.90. The first-order valence-corrected chi connectivity index (χ1v) is 5.65. The summed E-state index contributed by atoms with van der Waals surface area (Å²) in [5.41, 5.74) is 5.63. The molecule has 5 nitrogen and oxygen atoms in total. The van der Waals surface area contributed by atoms with E-state index in [1.54, 1.807) is 12.1 Å². The van der Waals surface area contributed by atoms with Gasteiger partial charge in [0.25, 0.3) is 5.69 Å². The fourth-order valence-electron chi connectivity index (χ4n) is 1.25. The highest BCUT2D eigenvalue weighted by atomic mass is 79.9. The van der Waals surface area contributed by atoms with Gasteiger partial charge >= 0.3 is 0 Å². The van der Waals surface area contributed by atoms with Gasteiger partial charge in [-0.1, -0.05) is 0 Å². The Balaban J connectivity index is 0.00000144. The normalized spacial score (nSPS) is 15.9. The molecule has 1 fully saturated rings. The quantitative estimate of drug-likeness (QED) is 0.682. The molecule has 94 valence electrons. The smallest absolute Gasteiger partial charge is 0.287 e. The molecule has 1 aliphatic rings. The van der Waals surface area contributed by atoms with Gasteiger partial charge in [0.1, 0.15) is 12.4 Å². The molecule has 0 amide bonds. The lowest BCUT2D eigenvalue weighted by Gasteiger charge is -2.10. The summed E-state index contributed by atoms with van der Waals surface area (Å²) < 4.78 is 5.87. The van der Waals surface area contributed by atoms with Crippen LogP contribution in [0.4, 0.5) is 5.69 Å². The van der Waals surface area contributed by atoms with Crippen LogP contribution in [0.5, 0.6) is 5.75 Å². The number of rotatable bonds is 4. The highest BCUT2D eigenvalue weighted by Gasteiger charge is 2.39. The summed E-state index contributed by atoms with van der Waals surface area (Å²) in [6, 6.07) is 4.68. The molecule has 1 aliphatic carbocycles. The van der Waals surface area contributed by atoms with Crippen LogP contribution in [0.15, 0.2) is 22.7 Å². The fourth-order valence-corrected chi connectivity index (χ4v) is 1.65. The van der Waals surface area contributed by atoms with Crippen molar-refractivity contribution in [3.63, 3.8) is 0 Å². The molecule has 1 aromatic rings. The van der Waals surface area contributed by atoms with Crippen LogP contribution in [0.2, 0.25) is 0 Å². The van der Waals surface area contributed by atoms with Crippen LogP contribution >= 0.6 is 28.3 Å². The Morgan fingerprint density at radius 2 is 2.18 bits per heavy atom. The Bertz CT molecular complexity index is 438. The highest BCUT2D eigenvalue weighted by molar-refractivity contribution is 9.10. The predicted molar refractivity (Wildman–Crippen MR) is 69.7 cm³/mol. The molecule has 0 radical (unpaired) electrons. The van der Waals surface area contributed by atoms with Crippen molar-refractivity contribution in [1.29, 1.82) is 0 Å². The molecule has 0 unspecified atom stereocenters. The second kappa shape index (κ2) is 5.20. The van der Waals surface area contributed by atoms with Gasteiger partial charge in [-0.3, -0.25) is 10.1 Å². The number of hydrogen-bond acceptors (Lipinski definition) is 4. The minimum atomic E-state index is -0.452. The van der Waals surface area contributed by atoms with Crippen molar-refractivity contribution in [2.24, 2.45) is 5.73 Å². The van der Waals surface area contributed by atoms with Gasteiger partial charge in [0.2, 0.25) is 0 Å². The molecule has 0 bridgehead atoms. The van der Waals surface area contributed by atoms with Gasteiger partial charge in [-0.05, 0) is 40.9 Å². The van der Waals surface area contributed by atoms with Crippen LogP contribution in [-0.4, -0.2) is 17.1 Å². The molecule has 0 saturated heterocycles. The van der Waals surface area contributed by atoms with E-state index in [-0.39, 0.29) is 23.6 Å². The zero-order chi connectivity index (χ0) is 11.8. The van der Waals surface area contributed by atoms with Crippen LogP contribution < -0.4 is 10.5 Å². The van der Waals surface area contributed by atoms with E-state index in [1.165, 1.54) is 6.07 Å². The molecule has 0 aromatic heterocycles. The zero-order valence-electron chi connectivity index (χ0n) is 8.89. The van der Waals surface area contributed by atoms with Crippen molar-refractivity contribution in [2.45, 2.75) is 18.4 Å². The predicted octanol–water partition coefficient (Wildman–Crippen LogP) is 2.65. The van der Waals surface area contributed by atoms with Crippen molar-refractivity contribution in [3.8, 4) is 5.75 Å². The molecule has 0 atom stereocenters. The molecular weight excluding hydrogens is 311 g/mol. The van der Waals surface area contributed by atoms with E-state index in [4.69, 9.17) is 10.5 Å². The third-order valence-electron chi connectivity index (χ3n) is 2.53. The summed E-state index contributed by atoms with van der Waals surface area (Å²) >= 11 is 3.11. The second-order valence-corrected chi connectivity index (χ2v) is 4.88. The summed E-state index contributed by atoms with van der Waals surface area (Å²) in [4.78, 5) is 10.2. The number of nitrogens with two attached hydrogens (primary N) is 1. The maximum atomic E-state index is 10.7. The number of nitrogens with zero attached hydrogens (tertiary/aromatic N) is 1. The van der Waals surface area contributed by atoms with Crippen molar-refractivity contribution in [1.82, 2.24) is 0 Å². The highest BCUT2D eigenvalue weighted by Crippen LogP contribution is 2.34. The van der Waals surface area contributed by atoms with E-state index in [0.29, 0.717) is 16.8 Å². The number of benzene rings is 1. The molecule has 1 saturated carbocycles. The molecule has 2 N–H and O–H groups in total. The van der Waals surface area contributed by atoms with Crippen molar-refractivity contribution >= 4 is 34.0 Å². The van der Waals surface area contributed by atoms with E-state index in [1.807, 2.05) is 0 Å². The van der Waals surface area contributed by atoms with Crippen molar-refractivity contribution in [2.75, 3.05) is 6.61 Å². The van der Waals surface area contributed by atoms with E-state index in [9.17, 15) is 10.1 Å². The number of nitro groups is 1. The lowest BCUT2D eigenvalue weighted by atomic mass is 10.3. The van der Waals surface area contributed by atoms with Crippen LogP contribution in [0.3, 0.4) is 0 Å². The summed E-state index contributed by atoms with van der Waals surface area (Å²) in [6.45, 7) is 0.409. The van der Waals surface area contributed by atoms with E-state index < -0.39 is 4.92 Å². The lowest BCUT2D eigenvalue weighted by Crippen LogP contribution is -2.29. The third-order valence-corrected chi connectivity index (χ3v) is 3.20. The van der Waals surface area contributed by atoms with Gasteiger partial charge in [0.05, 0.1) is 21.0 Å². The third kappa shape index (κ3) is 3.55. The number of nitro benzene ring substituents is 1. The first kappa shape index (κ1) is 14.2. The molecule has 2 rings (SSSR count). The Morgan fingerprint density at radius 1 is 1.53 bits per heavy atom. The SMILES string of the molecule is Cl.NC1(COc2ccc(Br)c([N+](=O)[O-])c2)CC1. The van der Waals surface area contributed by atoms with Crippen LogP contribution in [-0.2, 0) is 0 Å². The Labute approximate surface area is 113 Å². The summed E-state index contributed by atoms with van der Waals surface area (Å²) in [5.74, 6) is 0.478. The van der Waals surface area contributed by atoms with Gasteiger partial charge in [-0.25, -0.2) is 0 Å². The Hall–Kier alpha value is -0.850. The molecule has 0 heterocycles. The van der Waals surface area contributed by atoms with Gasteiger partial charge in [-0.15, -0.1) is 12.4 Å². The van der Waals surface area contributed by atoms with Crippen molar-refractivity contribution < 1.29 is 9.66 Å². The maximum absolute atomic E-state index is 10.7. The minimum absolute atomic E-state index is 0. The molecular formula is C10H12BrClN2O3. The average Bonchev–Trinajstić information content (AvgIpc) is 2.96. The van der Waals surface area contributed by atoms with Crippen LogP contribution in [0, 0.1) is 10.1 Å². The Morgan fingerprint density at radius 3 is 2.71 bits per heavy atom. The largest absolute Gasteiger partial charge is 0.491 e. The summed E-state index contributed by atoms with van der Waals surface area (Å²) in [5, 5.41) is 10.7. The number of halogens is 2. The van der Waals surface area contributed by atoms with Gasteiger partial charge < -0.3 is 10.5 Å². The zero-order valence-corrected chi connectivity index (χ0v) is 11.3. The molecule has 7 heteroatoms. The monoisotopic (exact) mass is 322 g/mol. The number of hydrogen-bond donors (Lipinski definition) is 1. The topological polar surface area (TPSA) is 78.4 Å². The van der Waals surface area contributed by atoms with Gasteiger partial charge in [0, 0.05) is 0 Å². The lowest BCUT2D eigenvalue weighted by molar-refractivity contribution is -0.385. The molecule has 1 aromatic carbocycles. The van der Waals surface area contributed by atoms with E-state index in [2.05, 4.69) is 15.9 Å². The number of ether oxygens (including phenoxy) is 1. The molecule has 0 spiro atoms. The van der Waals surface area contributed by atoms with Crippen LogP contribution in [0.25, 0.3) is 0 Å². The van der Waals surface area contributed by atoms with Crippen molar-refractivity contribution in [3.05, 3.63) is 32.8 Å². The molecule has 17 heavy (non-hydrogen) atoms. The molecule has 0 aliphatic heterocycles. The minimum Gasteiger partial charge on any atom is -0.491 e. The second-order valence-electron chi connectivity index (χ2n) is 4.02. The first-order valence-electron chi connectivity index (χ1n) is 4.86. The maximum Gasteiger partial charge on any atom is 0.287 e. The Kier molecular flexibility index (Phi) is 4.35. The van der Waals surface area contributed by atoms with Crippen LogP contribution in [0.1, 0.15) is 12.8 Å². The average molecular weight is 324 g/mol. The van der Waals surface area contributed by atoms with E-state index >= 15 is 0 Å². The van der Waals surface area contributed by atoms with E-state index in [0.717, 1.165) is 12.8 Å². The standard InChI is InChI=1S/C10H11BrN2O3.ClH/c11-8-2-1-7(5-9(8)13(14)15)16-6-10(12)3-4-10;/h1-2,5H,3-4,6,12H2;1H.